The van der Waals surface area contributed by atoms with Crippen LogP contribution in [0, 0.1) is 5.82 Å². The fourth-order valence-corrected chi connectivity index (χ4v) is 0.818. The number of nitrogen functional groups attached to an aromatic ring is 2. The van der Waals surface area contributed by atoms with E-state index in [2.05, 4.69) is 0 Å². The summed E-state index contributed by atoms with van der Waals surface area (Å²) < 4.78 is 12.6. The SMILES string of the molecule is Nc1cc(Cl)cc(F)c1N. The quantitative estimate of drug-likeness (QED) is 0.567. The van der Waals surface area contributed by atoms with Gasteiger partial charge in [0.2, 0.25) is 0 Å². The Kier molecular flexibility index (Phi) is 1.68. The van der Waals surface area contributed by atoms with Crippen LogP contribution in [-0.2, 0) is 0 Å². The van der Waals surface area contributed by atoms with E-state index in [1.807, 2.05) is 0 Å². The number of rotatable bonds is 0. The van der Waals surface area contributed by atoms with Gasteiger partial charge in [-0.25, -0.2) is 4.39 Å². The molecule has 2 nitrogen and oxygen atoms in total. The lowest BCUT2D eigenvalue weighted by Crippen LogP contribution is -1.97. The normalized spacial score (nSPS) is 9.80. The van der Waals surface area contributed by atoms with Crippen LogP contribution in [0.5, 0.6) is 0 Å². The zero-order valence-electron chi connectivity index (χ0n) is 5.07. The highest BCUT2D eigenvalue weighted by Crippen LogP contribution is 2.23. The maximum absolute atomic E-state index is 12.6. The van der Waals surface area contributed by atoms with E-state index in [1.54, 1.807) is 0 Å². The molecule has 0 aliphatic heterocycles. The predicted molar refractivity (Wildman–Crippen MR) is 40.2 cm³/mol. The average Bonchev–Trinajstić information content (AvgIpc) is 1.82. The highest BCUT2D eigenvalue weighted by Gasteiger charge is 2.02. The van der Waals surface area contributed by atoms with Crippen molar-refractivity contribution in [2.45, 2.75) is 0 Å². The second-order valence-corrected chi connectivity index (χ2v) is 2.33. The van der Waals surface area contributed by atoms with Crippen LogP contribution in [0.2, 0.25) is 5.02 Å². The van der Waals surface area contributed by atoms with Gasteiger partial charge in [-0.1, -0.05) is 11.6 Å². The predicted octanol–water partition coefficient (Wildman–Crippen LogP) is 1.64. The van der Waals surface area contributed by atoms with Crippen LogP contribution in [0.15, 0.2) is 12.1 Å². The van der Waals surface area contributed by atoms with E-state index in [0.717, 1.165) is 6.07 Å². The molecular weight excluding hydrogens is 155 g/mol. The van der Waals surface area contributed by atoms with Gasteiger partial charge in [-0.2, -0.15) is 0 Å². The van der Waals surface area contributed by atoms with Gasteiger partial charge in [-0.05, 0) is 12.1 Å². The topological polar surface area (TPSA) is 52.0 Å². The molecule has 4 heteroatoms. The van der Waals surface area contributed by atoms with Crippen molar-refractivity contribution in [3.05, 3.63) is 23.0 Å². The second kappa shape index (κ2) is 2.34. The lowest BCUT2D eigenvalue weighted by molar-refractivity contribution is 0.633. The fourth-order valence-electron chi connectivity index (χ4n) is 0.605. The molecule has 54 valence electrons. The van der Waals surface area contributed by atoms with E-state index < -0.39 is 5.82 Å². The summed E-state index contributed by atoms with van der Waals surface area (Å²) >= 11 is 5.45. The summed E-state index contributed by atoms with van der Waals surface area (Å²) in [6, 6.07) is 2.52. The molecule has 0 spiro atoms. The third kappa shape index (κ3) is 1.14. The van der Waals surface area contributed by atoms with E-state index in [0.29, 0.717) is 0 Å². The first-order valence-corrected chi connectivity index (χ1v) is 2.99. The molecule has 0 unspecified atom stereocenters. The van der Waals surface area contributed by atoms with Crippen molar-refractivity contribution in [2.24, 2.45) is 0 Å². The Bertz CT molecular complexity index is 239. The smallest absolute Gasteiger partial charge is 0.149 e. The number of hydrogen-bond donors (Lipinski definition) is 2. The van der Waals surface area contributed by atoms with Crippen molar-refractivity contribution in [1.82, 2.24) is 0 Å². The van der Waals surface area contributed by atoms with Gasteiger partial charge in [0, 0.05) is 5.02 Å². The third-order valence-electron chi connectivity index (χ3n) is 1.13. The average molecular weight is 161 g/mol. The highest BCUT2D eigenvalue weighted by molar-refractivity contribution is 6.31. The van der Waals surface area contributed by atoms with Crippen molar-refractivity contribution in [3.8, 4) is 0 Å². The molecule has 0 saturated carbocycles. The molecule has 0 radical (unpaired) electrons. The number of hydrogen-bond acceptors (Lipinski definition) is 2. The molecule has 0 bridgehead atoms. The number of benzene rings is 1. The summed E-state index contributed by atoms with van der Waals surface area (Å²) in [7, 11) is 0. The van der Waals surface area contributed by atoms with Crippen LogP contribution in [0.4, 0.5) is 15.8 Å². The summed E-state index contributed by atoms with van der Waals surface area (Å²) in [5.74, 6) is -0.579. The zero-order valence-corrected chi connectivity index (χ0v) is 5.82. The Balaban J connectivity index is 3.31. The van der Waals surface area contributed by atoms with Gasteiger partial charge in [0.1, 0.15) is 5.82 Å². The molecule has 0 atom stereocenters. The molecular formula is C6H6ClFN2. The van der Waals surface area contributed by atoms with Crippen molar-refractivity contribution in [2.75, 3.05) is 11.5 Å². The van der Waals surface area contributed by atoms with Crippen molar-refractivity contribution < 1.29 is 4.39 Å². The Morgan fingerprint density at radius 2 is 1.90 bits per heavy atom. The Labute approximate surface area is 62.6 Å². The maximum atomic E-state index is 12.6. The minimum Gasteiger partial charge on any atom is -0.397 e. The van der Waals surface area contributed by atoms with Crippen LogP contribution in [-0.4, -0.2) is 0 Å². The number of nitrogens with two attached hydrogens (primary N) is 2. The highest BCUT2D eigenvalue weighted by atomic mass is 35.5. The molecule has 0 aliphatic carbocycles. The van der Waals surface area contributed by atoms with Crippen LogP contribution >= 0.6 is 11.6 Å². The van der Waals surface area contributed by atoms with E-state index in [-0.39, 0.29) is 16.4 Å². The van der Waals surface area contributed by atoms with Gasteiger partial charge < -0.3 is 11.5 Å². The molecule has 1 rings (SSSR count). The molecule has 1 aromatic rings. The Morgan fingerprint density at radius 1 is 1.30 bits per heavy atom. The number of halogens is 2. The molecule has 0 aromatic heterocycles. The van der Waals surface area contributed by atoms with Crippen LogP contribution in [0.25, 0.3) is 0 Å². The minimum atomic E-state index is -0.579. The molecule has 1 aromatic carbocycles. The fraction of sp³-hybridized carbons (Fsp3) is 0. The monoisotopic (exact) mass is 160 g/mol. The molecule has 0 amide bonds. The molecule has 4 N–H and O–H groups in total. The first-order valence-electron chi connectivity index (χ1n) is 2.61. The van der Waals surface area contributed by atoms with E-state index >= 15 is 0 Å². The molecule has 0 aliphatic rings. The largest absolute Gasteiger partial charge is 0.397 e. The summed E-state index contributed by atoms with van der Waals surface area (Å²) in [6.45, 7) is 0. The maximum Gasteiger partial charge on any atom is 0.149 e. The summed E-state index contributed by atoms with van der Waals surface area (Å²) in [6.07, 6.45) is 0. The standard InChI is InChI=1S/C6H6ClFN2/c7-3-1-4(8)6(10)5(9)2-3/h1-2H,9-10H2. The van der Waals surface area contributed by atoms with E-state index in [1.165, 1.54) is 6.07 Å². The van der Waals surface area contributed by atoms with Crippen LogP contribution in [0.1, 0.15) is 0 Å². The van der Waals surface area contributed by atoms with E-state index in [4.69, 9.17) is 23.1 Å². The van der Waals surface area contributed by atoms with Gasteiger partial charge in [-0.3, -0.25) is 0 Å². The number of anilines is 2. The van der Waals surface area contributed by atoms with Crippen molar-refractivity contribution in [3.63, 3.8) is 0 Å². The molecule has 0 saturated heterocycles. The van der Waals surface area contributed by atoms with Gasteiger partial charge in [-0.15, -0.1) is 0 Å². The van der Waals surface area contributed by atoms with Gasteiger partial charge in [0.25, 0.3) is 0 Å². The second-order valence-electron chi connectivity index (χ2n) is 1.89. The third-order valence-corrected chi connectivity index (χ3v) is 1.34. The lowest BCUT2D eigenvalue weighted by Gasteiger charge is -2.00. The lowest BCUT2D eigenvalue weighted by atomic mass is 10.3. The van der Waals surface area contributed by atoms with Crippen LogP contribution in [0.3, 0.4) is 0 Å². The summed E-state index contributed by atoms with van der Waals surface area (Å²) in [5, 5.41) is 0.254. The van der Waals surface area contributed by atoms with Gasteiger partial charge in [0.15, 0.2) is 0 Å². The van der Waals surface area contributed by atoms with Crippen molar-refractivity contribution >= 4 is 23.0 Å². The van der Waals surface area contributed by atoms with Crippen molar-refractivity contribution in [1.29, 1.82) is 0 Å². The molecule has 0 heterocycles. The first kappa shape index (κ1) is 7.15. The van der Waals surface area contributed by atoms with Gasteiger partial charge >= 0.3 is 0 Å². The van der Waals surface area contributed by atoms with Crippen LogP contribution < -0.4 is 11.5 Å². The molecule has 0 fully saturated rings. The Morgan fingerprint density at radius 3 is 2.40 bits per heavy atom. The Hall–Kier alpha value is -0.960. The van der Waals surface area contributed by atoms with Gasteiger partial charge in [0.05, 0.1) is 11.4 Å². The minimum absolute atomic E-state index is 0.0515. The van der Waals surface area contributed by atoms with E-state index in [9.17, 15) is 4.39 Å². The zero-order chi connectivity index (χ0) is 7.72. The summed E-state index contributed by atoms with van der Waals surface area (Å²) in [4.78, 5) is 0. The summed E-state index contributed by atoms with van der Waals surface area (Å²) in [5.41, 5.74) is 10.6. The first-order chi connectivity index (χ1) is 4.61. The molecule has 10 heavy (non-hydrogen) atoms.